The van der Waals surface area contributed by atoms with Gasteiger partial charge in [-0.05, 0) is 63.2 Å². The number of unbranched alkanes of at least 4 members (excludes halogenated alkanes) is 6. The van der Waals surface area contributed by atoms with Gasteiger partial charge in [0.2, 0.25) is 0 Å². The normalized spacial score (nSPS) is 31.2. The van der Waals surface area contributed by atoms with Crippen LogP contribution < -0.4 is 0 Å². The number of rotatable bonds is 11. The lowest BCUT2D eigenvalue weighted by Crippen LogP contribution is -2.28. The van der Waals surface area contributed by atoms with Crippen LogP contribution in [0.2, 0.25) is 0 Å². The molecule has 2 aliphatic carbocycles. The summed E-state index contributed by atoms with van der Waals surface area (Å²) in [6.07, 6.45) is 24.0. The Bertz CT molecular complexity index is 284. The quantitative estimate of drug-likeness (QED) is 0.354. The minimum Gasteiger partial charge on any atom is -0.379 e. The maximum Gasteiger partial charge on any atom is 0.0575 e. The fourth-order valence-corrected chi connectivity index (χ4v) is 5.30. The Balaban J connectivity index is 1.49. The molecule has 1 heteroatoms. The average Bonchev–Trinajstić information content (AvgIpc) is 2.62. The van der Waals surface area contributed by atoms with E-state index >= 15 is 0 Å². The Hall–Kier alpha value is -0.0400. The van der Waals surface area contributed by atoms with Crippen molar-refractivity contribution in [1.82, 2.24) is 0 Å². The SMILES string of the molecule is CCCCCCCCCC1CCC(C2CCC(OCC)CC2)CC1. The second kappa shape index (κ2) is 12.3. The molecule has 0 spiro atoms. The van der Waals surface area contributed by atoms with Gasteiger partial charge in [-0.1, -0.05) is 71.1 Å². The molecular formula is C23H44O. The van der Waals surface area contributed by atoms with Gasteiger partial charge < -0.3 is 4.74 Å². The van der Waals surface area contributed by atoms with Gasteiger partial charge in [0.25, 0.3) is 0 Å². The van der Waals surface area contributed by atoms with E-state index in [9.17, 15) is 0 Å². The van der Waals surface area contributed by atoms with Crippen molar-refractivity contribution in [3.8, 4) is 0 Å². The van der Waals surface area contributed by atoms with Crippen molar-refractivity contribution in [2.24, 2.45) is 17.8 Å². The van der Waals surface area contributed by atoms with Crippen LogP contribution in [0.4, 0.5) is 0 Å². The number of hydrogen-bond donors (Lipinski definition) is 0. The molecular weight excluding hydrogens is 292 g/mol. The minimum atomic E-state index is 0.583. The summed E-state index contributed by atoms with van der Waals surface area (Å²) >= 11 is 0. The Labute approximate surface area is 152 Å². The molecule has 0 N–H and O–H groups in total. The van der Waals surface area contributed by atoms with Gasteiger partial charge in [-0.15, -0.1) is 0 Å². The number of ether oxygens (including phenoxy) is 1. The zero-order valence-electron chi connectivity index (χ0n) is 16.7. The van der Waals surface area contributed by atoms with E-state index in [1.807, 2.05) is 0 Å². The first-order valence-corrected chi connectivity index (χ1v) is 11.4. The van der Waals surface area contributed by atoms with E-state index in [1.165, 1.54) is 103 Å². The third-order valence-electron chi connectivity index (χ3n) is 6.90. The largest absolute Gasteiger partial charge is 0.379 e. The Morgan fingerprint density at radius 1 is 0.625 bits per heavy atom. The molecule has 0 heterocycles. The van der Waals surface area contributed by atoms with Crippen molar-refractivity contribution in [3.63, 3.8) is 0 Å². The van der Waals surface area contributed by atoms with Gasteiger partial charge in [0.05, 0.1) is 6.10 Å². The minimum absolute atomic E-state index is 0.583. The first-order chi connectivity index (χ1) is 11.8. The van der Waals surface area contributed by atoms with Crippen molar-refractivity contribution in [2.75, 3.05) is 6.61 Å². The van der Waals surface area contributed by atoms with Gasteiger partial charge in [0.15, 0.2) is 0 Å². The lowest BCUT2D eigenvalue weighted by atomic mass is 9.70. The maximum absolute atomic E-state index is 5.82. The fourth-order valence-electron chi connectivity index (χ4n) is 5.30. The first kappa shape index (κ1) is 20.3. The summed E-state index contributed by atoms with van der Waals surface area (Å²) in [5, 5.41) is 0. The van der Waals surface area contributed by atoms with Crippen molar-refractivity contribution >= 4 is 0 Å². The smallest absolute Gasteiger partial charge is 0.0575 e. The van der Waals surface area contributed by atoms with Crippen LogP contribution in [-0.2, 0) is 4.74 Å². The lowest BCUT2D eigenvalue weighted by Gasteiger charge is -2.37. The van der Waals surface area contributed by atoms with Crippen LogP contribution in [0.25, 0.3) is 0 Å². The highest BCUT2D eigenvalue weighted by Gasteiger charge is 2.30. The van der Waals surface area contributed by atoms with Crippen LogP contribution in [0, 0.1) is 17.8 Å². The summed E-state index contributed by atoms with van der Waals surface area (Å²) in [6, 6.07) is 0. The van der Waals surface area contributed by atoms with Crippen LogP contribution >= 0.6 is 0 Å². The zero-order chi connectivity index (χ0) is 17.0. The predicted octanol–water partition coefficient (Wildman–Crippen LogP) is 7.53. The lowest BCUT2D eigenvalue weighted by molar-refractivity contribution is 0.0134. The summed E-state index contributed by atoms with van der Waals surface area (Å²) in [5.74, 6) is 3.15. The monoisotopic (exact) mass is 336 g/mol. The molecule has 2 rings (SSSR count). The van der Waals surface area contributed by atoms with E-state index in [1.54, 1.807) is 0 Å². The highest BCUT2D eigenvalue weighted by Crippen LogP contribution is 2.41. The highest BCUT2D eigenvalue weighted by atomic mass is 16.5. The Morgan fingerprint density at radius 2 is 1.17 bits per heavy atom. The van der Waals surface area contributed by atoms with Crippen molar-refractivity contribution < 1.29 is 4.74 Å². The molecule has 0 aromatic rings. The van der Waals surface area contributed by atoms with Crippen molar-refractivity contribution in [1.29, 1.82) is 0 Å². The van der Waals surface area contributed by atoms with E-state index in [2.05, 4.69) is 13.8 Å². The van der Waals surface area contributed by atoms with Crippen LogP contribution in [0.3, 0.4) is 0 Å². The van der Waals surface area contributed by atoms with Gasteiger partial charge in [0.1, 0.15) is 0 Å². The highest BCUT2D eigenvalue weighted by molar-refractivity contribution is 4.82. The Morgan fingerprint density at radius 3 is 1.75 bits per heavy atom. The summed E-state index contributed by atoms with van der Waals surface area (Å²) in [4.78, 5) is 0. The van der Waals surface area contributed by atoms with Crippen LogP contribution in [0.5, 0.6) is 0 Å². The van der Waals surface area contributed by atoms with E-state index in [0.717, 1.165) is 24.4 Å². The summed E-state index contributed by atoms with van der Waals surface area (Å²) < 4.78 is 5.82. The molecule has 2 fully saturated rings. The zero-order valence-corrected chi connectivity index (χ0v) is 16.7. The third-order valence-corrected chi connectivity index (χ3v) is 6.90. The molecule has 1 nitrogen and oxygen atoms in total. The maximum atomic E-state index is 5.82. The third kappa shape index (κ3) is 7.46. The molecule has 142 valence electrons. The molecule has 2 aliphatic rings. The second-order valence-electron chi connectivity index (χ2n) is 8.68. The summed E-state index contributed by atoms with van der Waals surface area (Å²) in [7, 11) is 0. The van der Waals surface area contributed by atoms with Crippen LogP contribution in [0.1, 0.15) is 117 Å². The fraction of sp³-hybridized carbons (Fsp3) is 1.00. The number of hydrogen-bond acceptors (Lipinski definition) is 1. The molecule has 0 radical (unpaired) electrons. The van der Waals surface area contributed by atoms with Crippen LogP contribution in [0.15, 0.2) is 0 Å². The van der Waals surface area contributed by atoms with Gasteiger partial charge in [-0.3, -0.25) is 0 Å². The molecule has 0 aromatic heterocycles. The van der Waals surface area contributed by atoms with E-state index in [-0.39, 0.29) is 0 Å². The summed E-state index contributed by atoms with van der Waals surface area (Å²) in [6.45, 7) is 5.35. The molecule has 0 bridgehead atoms. The standard InChI is InChI=1S/C23H44O/c1-3-5-6-7-8-9-10-11-20-12-14-21(15-13-20)22-16-18-23(19-17-22)24-4-2/h20-23H,3-19H2,1-2H3. The molecule has 0 unspecified atom stereocenters. The van der Waals surface area contributed by atoms with Crippen LogP contribution in [-0.4, -0.2) is 12.7 Å². The second-order valence-corrected chi connectivity index (χ2v) is 8.68. The Kier molecular flexibility index (Phi) is 10.4. The molecule has 0 amide bonds. The molecule has 2 saturated carbocycles. The van der Waals surface area contributed by atoms with Gasteiger partial charge >= 0.3 is 0 Å². The molecule has 0 saturated heterocycles. The van der Waals surface area contributed by atoms with Gasteiger partial charge in [-0.25, -0.2) is 0 Å². The van der Waals surface area contributed by atoms with Crippen molar-refractivity contribution in [3.05, 3.63) is 0 Å². The molecule has 0 aromatic carbocycles. The van der Waals surface area contributed by atoms with E-state index in [0.29, 0.717) is 6.10 Å². The first-order valence-electron chi connectivity index (χ1n) is 11.4. The van der Waals surface area contributed by atoms with E-state index in [4.69, 9.17) is 4.74 Å². The van der Waals surface area contributed by atoms with Crippen molar-refractivity contribution in [2.45, 2.75) is 123 Å². The summed E-state index contributed by atoms with van der Waals surface area (Å²) in [5.41, 5.74) is 0. The predicted molar refractivity (Wildman–Crippen MR) is 105 cm³/mol. The molecule has 0 aliphatic heterocycles. The molecule has 24 heavy (non-hydrogen) atoms. The molecule has 0 atom stereocenters. The average molecular weight is 337 g/mol. The van der Waals surface area contributed by atoms with Gasteiger partial charge in [0, 0.05) is 6.61 Å². The van der Waals surface area contributed by atoms with E-state index < -0.39 is 0 Å². The van der Waals surface area contributed by atoms with Gasteiger partial charge in [-0.2, -0.15) is 0 Å². The topological polar surface area (TPSA) is 9.23 Å².